The highest BCUT2D eigenvalue weighted by Crippen LogP contribution is 2.40. The second kappa shape index (κ2) is 6.50. The highest BCUT2D eigenvalue weighted by molar-refractivity contribution is 7.16. The number of esters is 1. The molecule has 23 heavy (non-hydrogen) atoms. The monoisotopic (exact) mass is 327 g/mol. The van der Waals surface area contributed by atoms with E-state index in [1.165, 1.54) is 17.5 Å². The Kier molecular flexibility index (Phi) is 4.26. The van der Waals surface area contributed by atoms with Gasteiger partial charge in [0, 0.05) is 11.8 Å². The molecule has 0 bridgehead atoms. The third-order valence-electron chi connectivity index (χ3n) is 3.15. The van der Waals surface area contributed by atoms with Gasteiger partial charge in [-0.25, -0.2) is 9.78 Å². The fourth-order valence-electron chi connectivity index (χ4n) is 2.13. The molecular formula is C16H13N3O3S. The first-order chi connectivity index (χ1) is 11.2. The van der Waals surface area contributed by atoms with Crippen molar-refractivity contribution >= 4 is 22.4 Å². The van der Waals surface area contributed by atoms with Gasteiger partial charge < -0.3 is 14.8 Å². The molecule has 0 spiro atoms. The Morgan fingerprint density at radius 3 is 3.17 bits per heavy atom. The molecule has 0 saturated heterocycles. The van der Waals surface area contributed by atoms with E-state index in [4.69, 9.17) is 14.7 Å². The molecule has 1 aliphatic heterocycles. The van der Waals surface area contributed by atoms with Crippen LogP contribution in [0.2, 0.25) is 0 Å². The van der Waals surface area contributed by atoms with E-state index in [1.807, 2.05) is 30.3 Å². The van der Waals surface area contributed by atoms with Gasteiger partial charge in [-0.3, -0.25) is 0 Å². The van der Waals surface area contributed by atoms with Gasteiger partial charge in [0.15, 0.2) is 10.7 Å². The fraction of sp³-hybridized carbons (Fsp3) is 0.188. The Labute approximate surface area is 137 Å². The highest BCUT2D eigenvalue weighted by atomic mass is 32.1. The molecule has 3 rings (SSSR count). The van der Waals surface area contributed by atoms with Crippen LogP contribution in [0.25, 0.3) is 11.3 Å². The summed E-state index contributed by atoms with van der Waals surface area (Å²) in [4.78, 5) is 17.1. The summed E-state index contributed by atoms with van der Waals surface area (Å²) >= 11 is 1.42. The molecule has 1 N–H and O–H groups in total. The molecule has 1 aliphatic rings. The lowest BCUT2D eigenvalue weighted by Gasteiger charge is -2.15. The van der Waals surface area contributed by atoms with Gasteiger partial charge in [-0.1, -0.05) is 23.5 Å². The maximum Gasteiger partial charge on any atom is 0.350 e. The summed E-state index contributed by atoms with van der Waals surface area (Å²) < 4.78 is 10.5. The summed E-state index contributed by atoms with van der Waals surface area (Å²) in [6.45, 7) is 2.36. The van der Waals surface area contributed by atoms with Crippen molar-refractivity contribution in [3.05, 3.63) is 40.9 Å². The van der Waals surface area contributed by atoms with Crippen molar-refractivity contribution < 1.29 is 14.3 Å². The number of rotatable bonds is 4. The van der Waals surface area contributed by atoms with Crippen molar-refractivity contribution in [1.29, 1.82) is 5.26 Å². The molecule has 0 unspecified atom stereocenters. The first kappa shape index (κ1) is 15.1. The van der Waals surface area contributed by atoms with Gasteiger partial charge in [-0.05, 0) is 19.1 Å². The van der Waals surface area contributed by atoms with E-state index in [0.717, 1.165) is 21.9 Å². The second-order valence-electron chi connectivity index (χ2n) is 4.61. The predicted molar refractivity (Wildman–Crippen MR) is 85.8 cm³/mol. The number of hydrogen-bond acceptors (Lipinski definition) is 7. The Hall–Kier alpha value is -2.85. The van der Waals surface area contributed by atoms with Gasteiger partial charge in [0.1, 0.15) is 18.4 Å². The summed E-state index contributed by atoms with van der Waals surface area (Å²) in [6, 6.07) is 9.50. The molecule has 2 heterocycles. The number of anilines is 1. The summed E-state index contributed by atoms with van der Waals surface area (Å²) in [5.74, 6) is 0.147. The molecule has 0 aliphatic carbocycles. The molecule has 7 heteroatoms. The van der Waals surface area contributed by atoms with Crippen LogP contribution in [0.1, 0.15) is 11.8 Å². The number of fused-ring (bicyclic) bond motifs is 3. The molecule has 2 aromatic rings. The van der Waals surface area contributed by atoms with Crippen LogP contribution in [0, 0.1) is 11.3 Å². The van der Waals surface area contributed by atoms with Crippen molar-refractivity contribution in [1.82, 2.24) is 4.98 Å². The number of para-hydroxylation sites is 1. The molecule has 0 radical (unpaired) electrons. The number of benzene rings is 1. The average Bonchev–Trinajstić information content (AvgIpc) is 2.99. The predicted octanol–water partition coefficient (Wildman–Crippen LogP) is 3.08. The summed E-state index contributed by atoms with van der Waals surface area (Å²) in [6.07, 6.45) is 1.31. The molecular weight excluding hydrogens is 314 g/mol. The van der Waals surface area contributed by atoms with Crippen LogP contribution in [-0.4, -0.2) is 17.6 Å². The third-order valence-corrected chi connectivity index (χ3v) is 4.11. The SMILES string of the molecule is CCOC(=O)/C(C#N)=C/Nc1nc2c(s1)COc1ccccc1-2. The minimum absolute atomic E-state index is 0.100. The van der Waals surface area contributed by atoms with Crippen LogP contribution < -0.4 is 10.1 Å². The quantitative estimate of drug-likeness (QED) is 0.528. The van der Waals surface area contributed by atoms with Gasteiger partial charge in [0.05, 0.1) is 17.2 Å². The summed E-state index contributed by atoms with van der Waals surface area (Å²) in [7, 11) is 0. The van der Waals surface area contributed by atoms with Crippen molar-refractivity contribution in [2.45, 2.75) is 13.5 Å². The normalized spacial score (nSPS) is 12.4. The third kappa shape index (κ3) is 3.03. The lowest BCUT2D eigenvalue weighted by atomic mass is 10.1. The van der Waals surface area contributed by atoms with E-state index in [-0.39, 0.29) is 12.2 Å². The maximum absolute atomic E-state index is 11.6. The molecule has 6 nitrogen and oxygen atoms in total. The largest absolute Gasteiger partial charge is 0.487 e. The van der Waals surface area contributed by atoms with Crippen LogP contribution in [0.15, 0.2) is 36.0 Å². The van der Waals surface area contributed by atoms with E-state index < -0.39 is 5.97 Å². The maximum atomic E-state index is 11.6. The van der Waals surface area contributed by atoms with Gasteiger partial charge in [0.25, 0.3) is 0 Å². The number of nitrogens with zero attached hydrogens (tertiary/aromatic N) is 2. The zero-order chi connectivity index (χ0) is 16.2. The number of nitriles is 1. The Morgan fingerprint density at radius 1 is 1.57 bits per heavy atom. The van der Waals surface area contributed by atoms with Gasteiger partial charge in [0.2, 0.25) is 0 Å². The minimum Gasteiger partial charge on any atom is -0.487 e. The molecule has 1 aromatic heterocycles. The Morgan fingerprint density at radius 2 is 2.39 bits per heavy atom. The number of thiazole rings is 1. The van der Waals surface area contributed by atoms with Crippen LogP contribution in [0.4, 0.5) is 5.13 Å². The van der Waals surface area contributed by atoms with E-state index >= 15 is 0 Å². The van der Waals surface area contributed by atoms with E-state index in [9.17, 15) is 4.79 Å². The van der Waals surface area contributed by atoms with E-state index in [0.29, 0.717) is 11.7 Å². The number of carbonyl (C=O) groups excluding carboxylic acids is 1. The van der Waals surface area contributed by atoms with E-state index in [1.54, 1.807) is 6.92 Å². The standard InChI is InChI=1S/C16H13N3O3S/c1-2-21-15(20)10(7-17)8-18-16-19-14-11-5-3-4-6-12(11)22-9-13(14)23-16/h3-6,8H,2,9H2,1H3,(H,18,19)/b10-8+. The number of ether oxygens (including phenoxy) is 2. The van der Waals surface area contributed by atoms with Gasteiger partial charge >= 0.3 is 5.97 Å². The molecule has 0 amide bonds. The van der Waals surface area contributed by atoms with Gasteiger partial charge in [-0.2, -0.15) is 5.26 Å². The Bertz CT molecular complexity index is 820. The molecule has 0 saturated carbocycles. The van der Waals surface area contributed by atoms with Crippen molar-refractivity contribution in [3.8, 4) is 23.1 Å². The first-order valence-electron chi connectivity index (χ1n) is 6.98. The summed E-state index contributed by atoms with van der Waals surface area (Å²) in [5.41, 5.74) is 1.70. The van der Waals surface area contributed by atoms with Crippen molar-refractivity contribution in [3.63, 3.8) is 0 Å². The second-order valence-corrected chi connectivity index (χ2v) is 5.69. The summed E-state index contributed by atoms with van der Waals surface area (Å²) in [5, 5.41) is 12.5. The lowest BCUT2D eigenvalue weighted by molar-refractivity contribution is -0.138. The van der Waals surface area contributed by atoms with Crippen LogP contribution in [-0.2, 0) is 16.1 Å². The smallest absolute Gasteiger partial charge is 0.350 e. The Balaban J connectivity index is 1.84. The average molecular weight is 327 g/mol. The molecule has 116 valence electrons. The highest BCUT2D eigenvalue weighted by Gasteiger charge is 2.21. The van der Waals surface area contributed by atoms with Crippen LogP contribution in [0.5, 0.6) is 5.75 Å². The van der Waals surface area contributed by atoms with Crippen molar-refractivity contribution in [2.24, 2.45) is 0 Å². The molecule has 0 fully saturated rings. The number of hydrogen-bond donors (Lipinski definition) is 1. The number of carbonyl (C=O) groups is 1. The van der Waals surface area contributed by atoms with E-state index in [2.05, 4.69) is 10.3 Å². The minimum atomic E-state index is -0.655. The zero-order valence-electron chi connectivity index (χ0n) is 12.3. The topological polar surface area (TPSA) is 84.2 Å². The van der Waals surface area contributed by atoms with Crippen molar-refractivity contribution in [2.75, 3.05) is 11.9 Å². The molecule has 0 atom stereocenters. The first-order valence-corrected chi connectivity index (χ1v) is 7.80. The van der Waals surface area contributed by atoms with Gasteiger partial charge in [-0.15, -0.1) is 0 Å². The zero-order valence-corrected chi connectivity index (χ0v) is 13.1. The fourth-order valence-corrected chi connectivity index (χ4v) is 2.99. The molecule has 1 aromatic carbocycles. The number of aromatic nitrogens is 1. The van der Waals surface area contributed by atoms with Crippen LogP contribution >= 0.6 is 11.3 Å². The van der Waals surface area contributed by atoms with Crippen LogP contribution in [0.3, 0.4) is 0 Å². The lowest BCUT2D eigenvalue weighted by Crippen LogP contribution is -2.07. The number of nitrogens with one attached hydrogen (secondary N) is 1.